The lowest BCUT2D eigenvalue weighted by molar-refractivity contribution is -0.126. The third kappa shape index (κ3) is 5.38. The molecule has 1 aromatic rings. The van der Waals surface area contributed by atoms with Gasteiger partial charge in [-0.2, -0.15) is 0 Å². The second kappa shape index (κ2) is 8.29. The molecule has 0 aliphatic heterocycles. The summed E-state index contributed by atoms with van der Waals surface area (Å²) in [6, 6.07) is 6.75. The molecule has 6 heteroatoms. The van der Waals surface area contributed by atoms with E-state index >= 15 is 0 Å². The van der Waals surface area contributed by atoms with Gasteiger partial charge in [0.25, 0.3) is 0 Å². The average molecular weight is 279 g/mol. The minimum absolute atomic E-state index is 0.160. The first-order chi connectivity index (χ1) is 9.54. The van der Waals surface area contributed by atoms with Gasteiger partial charge >= 0.3 is 0 Å². The third-order valence-corrected chi connectivity index (χ3v) is 2.79. The van der Waals surface area contributed by atoms with Gasteiger partial charge in [0.1, 0.15) is 0 Å². The first kappa shape index (κ1) is 16.1. The molecule has 1 atom stereocenters. The van der Waals surface area contributed by atoms with Crippen LogP contribution in [-0.4, -0.2) is 24.5 Å². The molecule has 0 saturated carbocycles. The van der Waals surface area contributed by atoms with Crippen LogP contribution in [0.1, 0.15) is 24.5 Å². The van der Waals surface area contributed by atoms with Crippen molar-refractivity contribution >= 4 is 11.8 Å². The highest BCUT2D eigenvalue weighted by molar-refractivity contribution is 5.87. The Morgan fingerprint density at radius 3 is 2.55 bits per heavy atom. The van der Waals surface area contributed by atoms with Crippen LogP contribution in [0.15, 0.2) is 24.3 Å². The molecule has 0 saturated heterocycles. The average Bonchev–Trinajstić information content (AvgIpc) is 2.42. The molecule has 0 aliphatic carbocycles. The van der Waals surface area contributed by atoms with Gasteiger partial charge in [0.15, 0.2) is 0 Å². The number of carbonyl (C=O) groups is 2. The molecule has 2 amide bonds. The van der Waals surface area contributed by atoms with Crippen molar-refractivity contribution in [3.05, 3.63) is 35.4 Å². The summed E-state index contributed by atoms with van der Waals surface area (Å²) in [6.45, 7) is 3.39. The second-order valence-electron chi connectivity index (χ2n) is 4.40. The van der Waals surface area contributed by atoms with Gasteiger partial charge in [-0.1, -0.05) is 24.3 Å². The SMILES string of the molecule is CCOCc1ccccc1CNC(=O)C(N)CC(N)=O. The van der Waals surface area contributed by atoms with Crippen LogP contribution < -0.4 is 16.8 Å². The molecule has 0 spiro atoms. The standard InChI is InChI=1S/C14H21N3O3/c1-2-20-9-11-6-4-3-5-10(11)8-17-14(19)12(15)7-13(16)18/h3-6,12H,2,7-9,15H2,1H3,(H2,16,18)(H,17,19). The number of carbonyl (C=O) groups excluding carboxylic acids is 2. The van der Waals surface area contributed by atoms with Crippen molar-refractivity contribution in [2.45, 2.75) is 32.5 Å². The van der Waals surface area contributed by atoms with Crippen molar-refractivity contribution in [2.24, 2.45) is 11.5 Å². The molecule has 0 fully saturated rings. The first-order valence-corrected chi connectivity index (χ1v) is 6.50. The van der Waals surface area contributed by atoms with Gasteiger partial charge in [-0.25, -0.2) is 0 Å². The molecular formula is C14H21N3O3. The lowest BCUT2D eigenvalue weighted by Crippen LogP contribution is -2.42. The number of nitrogens with two attached hydrogens (primary N) is 2. The number of nitrogens with one attached hydrogen (secondary N) is 1. The third-order valence-electron chi connectivity index (χ3n) is 2.79. The zero-order valence-corrected chi connectivity index (χ0v) is 11.6. The molecule has 0 aromatic heterocycles. The summed E-state index contributed by atoms with van der Waals surface area (Å²) < 4.78 is 5.37. The molecule has 0 radical (unpaired) electrons. The molecule has 6 nitrogen and oxygen atoms in total. The van der Waals surface area contributed by atoms with Crippen LogP contribution in [0, 0.1) is 0 Å². The van der Waals surface area contributed by atoms with Crippen molar-refractivity contribution < 1.29 is 14.3 Å². The quantitative estimate of drug-likeness (QED) is 0.624. The van der Waals surface area contributed by atoms with Crippen LogP contribution in [0.3, 0.4) is 0 Å². The fourth-order valence-corrected chi connectivity index (χ4v) is 1.71. The number of hydrogen-bond acceptors (Lipinski definition) is 4. The molecular weight excluding hydrogens is 258 g/mol. The lowest BCUT2D eigenvalue weighted by Gasteiger charge is -2.13. The molecule has 1 unspecified atom stereocenters. The zero-order valence-electron chi connectivity index (χ0n) is 11.6. The summed E-state index contributed by atoms with van der Waals surface area (Å²) in [4.78, 5) is 22.4. The van der Waals surface area contributed by atoms with E-state index in [1.54, 1.807) is 0 Å². The number of ether oxygens (including phenoxy) is 1. The number of amides is 2. The van der Waals surface area contributed by atoms with E-state index in [2.05, 4.69) is 5.32 Å². The van der Waals surface area contributed by atoms with Gasteiger partial charge in [0.2, 0.25) is 11.8 Å². The van der Waals surface area contributed by atoms with Gasteiger partial charge in [-0.15, -0.1) is 0 Å². The van der Waals surface area contributed by atoms with E-state index in [9.17, 15) is 9.59 Å². The van der Waals surface area contributed by atoms with Crippen LogP contribution in [-0.2, 0) is 27.5 Å². The van der Waals surface area contributed by atoms with Gasteiger partial charge in [-0.05, 0) is 18.1 Å². The predicted octanol–water partition coefficient (Wildman–Crippen LogP) is 0.0420. The minimum atomic E-state index is -0.911. The van der Waals surface area contributed by atoms with Crippen LogP contribution in [0.4, 0.5) is 0 Å². The fraction of sp³-hybridized carbons (Fsp3) is 0.429. The maximum absolute atomic E-state index is 11.7. The maximum Gasteiger partial charge on any atom is 0.237 e. The van der Waals surface area contributed by atoms with E-state index in [4.69, 9.17) is 16.2 Å². The molecule has 1 rings (SSSR count). The molecule has 0 bridgehead atoms. The lowest BCUT2D eigenvalue weighted by atomic mass is 10.1. The summed E-state index contributed by atoms with van der Waals surface area (Å²) in [5.74, 6) is -0.987. The van der Waals surface area contributed by atoms with Crippen LogP contribution in [0.2, 0.25) is 0 Å². The van der Waals surface area contributed by atoms with E-state index in [1.165, 1.54) is 0 Å². The summed E-state index contributed by atoms with van der Waals surface area (Å²) in [5, 5.41) is 2.69. The van der Waals surface area contributed by atoms with Gasteiger partial charge < -0.3 is 21.5 Å². The molecule has 5 N–H and O–H groups in total. The number of benzene rings is 1. The van der Waals surface area contributed by atoms with Crippen molar-refractivity contribution in [3.8, 4) is 0 Å². The van der Waals surface area contributed by atoms with Gasteiger partial charge in [0, 0.05) is 13.2 Å². The van der Waals surface area contributed by atoms with Crippen LogP contribution in [0.25, 0.3) is 0 Å². The monoisotopic (exact) mass is 279 g/mol. The van der Waals surface area contributed by atoms with Crippen molar-refractivity contribution in [3.63, 3.8) is 0 Å². The van der Waals surface area contributed by atoms with Gasteiger partial charge in [0.05, 0.1) is 19.1 Å². The van der Waals surface area contributed by atoms with Crippen LogP contribution >= 0.6 is 0 Å². The van der Waals surface area contributed by atoms with Crippen molar-refractivity contribution in [2.75, 3.05) is 6.61 Å². The zero-order chi connectivity index (χ0) is 15.0. The number of hydrogen-bond donors (Lipinski definition) is 3. The second-order valence-corrected chi connectivity index (χ2v) is 4.40. The number of primary amides is 1. The fourth-order valence-electron chi connectivity index (χ4n) is 1.71. The van der Waals surface area contributed by atoms with Crippen molar-refractivity contribution in [1.82, 2.24) is 5.32 Å². The highest BCUT2D eigenvalue weighted by atomic mass is 16.5. The van der Waals surface area contributed by atoms with E-state index in [1.807, 2.05) is 31.2 Å². The van der Waals surface area contributed by atoms with E-state index in [-0.39, 0.29) is 6.42 Å². The molecule has 0 aliphatic rings. The summed E-state index contributed by atoms with van der Waals surface area (Å²) in [6.07, 6.45) is -0.160. The minimum Gasteiger partial charge on any atom is -0.377 e. The topological polar surface area (TPSA) is 107 Å². The molecule has 0 heterocycles. The maximum atomic E-state index is 11.7. The summed E-state index contributed by atoms with van der Waals surface area (Å²) >= 11 is 0. The Bertz CT molecular complexity index is 463. The summed E-state index contributed by atoms with van der Waals surface area (Å²) in [5.41, 5.74) is 12.5. The highest BCUT2D eigenvalue weighted by Gasteiger charge is 2.15. The van der Waals surface area contributed by atoms with E-state index in [0.29, 0.717) is 19.8 Å². The first-order valence-electron chi connectivity index (χ1n) is 6.50. The number of rotatable bonds is 8. The Kier molecular flexibility index (Phi) is 6.69. The van der Waals surface area contributed by atoms with Gasteiger partial charge in [-0.3, -0.25) is 9.59 Å². The Morgan fingerprint density at radius 2 is 1.95 bits per heavy atom. The Labute approximate surface area is 118 Å². The Morgan fingerprint density at radius 1 is 1.30 bits per heavy atom. The largest absolute Gasteiger partial charge is 0.377 e. The molecule has 110 valence electrons. The Hall–Kier alpha value is -1.92. The Balaban J connectivity index is 2.56. The van der Waals surface area contributed by atoms with Crippen LogP contribution in [0.5, 0.6) is 0 Å². The normalized spacial score (nSPS) is 11.9. The predicted molar refractivity (Wildman–Crippen MR) is 75.4 cm³/mol. The van der Waals surface area contributed by atoms with E-state index < -0.39 is 17.9 Å². The summed E-state index contributed by atoms with van der Waals surface area (Å²) in [7, 11) is 0. The van der Waals surface area contributed by atoms with Crippen molar-refractivity contribution in [1.29, 1.82) is 0 Å². The molecule has 1 aromatic carbocycles. The molecule has 20 heavy (non-hydrogen) atoms. The van der Waals surface area contributed by atoms with E-state index in [0.717, 1.165) is 11.1 Å². The highest BCUT2D eigenvalue weighted by Crippen LogP contribution is 2.10. The smallest absolute Gasteiger partial charge is 0.237 e.